The molecule has 1 saturated carbocycles. The van der Waals surface area contributed by atoms with Gasteiger partial charge in [0.1, 0.15) is 11.4 Å². The van der Waals surface area contributed by atoms with Crippen molar-refractivity contribution in [2.45, 2.75) is 50.2 Å². The van der Waals surface area contributed by atoms with Crippen molar-refractivity contribution in [3.63, 3.8) is 0 Å². The van der Waals surface area contributed by atoms with E-state index in [9.17, 15) is 9.18 Å². The predicted octanol–water partition coefficient (Wildman–Crippen LogP) is 2.99. The van der Waals surface area contributed by atoms with E-state index in [-0.39, 0.29) is 22.6 Å². The third-order valence-electron chi connectivity index (χ3n) is 7.86. The third-order valence-corrected chi connectivity index (χ3v) is 7.86. The summed E-state index contributed by atoms with van der Waals surface area (Å²) in [5, 5.41) is 3.16. The topological polar surface area (TPSA) is 128 Å². The molecule has 0 aromatic carbocycles. The molecule has 0 unspecified atom stereocenters. The standard InChI is InChI=1S/C27H29F2N7O3/c1-2-39-21-4-3-15(10-31-21)19-9-18(22(28)23(33-19)20-11-32-25(30)24(29)34-20)26(37)35-27-7-5-16(6-8-27)36(14-27)17-12-38-13-17/h3-4,9-11,16-17H,2,5-8,12-14H2,1H3,(H2,30,32)(H,35,37). The number of piperidine rings is 2. The summed E-state index contributed by atoms with van der Waals surface area (Å²) in [7, 11) is 0. The first-order valence-electron chi connectivity index (χ1n) is 13.1. The number of nitrogen functional groups attached to an aromatic ring is 1. The van der Waals surface area contributed by atoms with Crippen molar-refractivity contribution < 1.29 is 23.0 Å². The lowest BCUT2D eigenvalue weighted by molar-refractivity contribution is -0.117. The Labute approximate surface area is 224 Å². The molecule has 0 atom stereocenters. The number of nitrogens with two attached hydrogens (primary N) is 1. The van der Waals surface area contributed by atoms with Gasteiger partial charge in [0.25, 0.3) is 11.9 Å². The van der Waals surface area contributed by atoms with Gasteiger partial charge in [-0.15, -0.1) is 0 Å². The molecule has 3 aliphatic heterocycles. The van der Waals surface area contributed by atoms with Crippen molar-refractivity contribution in [2.75, 3.05) is 32.1 Å². The molecular weight excluding hydrogens is 508 g/mol. The first kappa shape index (κ1) is 25.5. The fraction of sp³-hybridized carbons (Fsp3) is 0.444. The highest BCUT2D eigenvalue weighted by atomic mass is 19.1. The second-order valence-electron chi connectivity index (χ2n) is 10.3. The normalized spacial score (nSPS) is 22.9. The van der Waals surface area contributed by atoms with Crippen LogP contribution in [0.3, 0.4) is 0 Å². The zero-order chi connectivity index (χ0) is 27.1. The number of nitrogens with one attached hydrogen (secondary N) is 1. The molecule has 0 radical (unpaired) electrons. The lowest BCUT2D eigenvalue weighted by Crippen LogP contribution is -2.69. The average molecular weight is 538 g/mol. The Morgan fingerprint density at radius 3 is 2.59 bits per heavy atom. The summed E-state index contributed by atoms with van der Waals surface area (Å²) in [5.74, 6) is -2.53. The SMILES string of the molecule is CCOc1ccc(-c2cc(C(=O)NC34CCC(CC3)N(C3COC3)C4)c(F)c(-c3cnc(N)c(F)n3)n2)cn1. The second-order valence-corrected chi connectivity index (χ2v) is 10.3. The maximum absolute atomic E-state index is 16.0. The van der Waals surface area contributed by atoms with Crippen molar-refractivity contribution >= 4 is 11.7 Å². The molecule has 3 N–H and O–H groups in total. The molecule has 0 spiro atoms. The van der Waals surface area contributed by atoms with E-state index in [1.165, 1.54) is 12.3 Å². The van der Waals surface area contributed by atoms with Crippen LogP contribution in [0.4, 0.5) is 14.6 Å². The molecule has 1 amide bonds. The first-order valence-corrected chi connectivity index (χ1v) is 13.1. The van der Waals surface area contributed by atoms with Crippen LogP contribution in [0.5, 0.6) is 5.88 Å². The molecule has 39 heavy (non-hydrogen) atoms. The van der Waals surface area contributed by atoms with E-state index in [1.807, 2.05) is 6.92 Å². The Bertz CT molecular complexity index is 1390. The minimum absolute atomic E-state index is 0.179. The molecule has 204 valence electrons. The number of carbonyl (C=O) groups is 1. The van der Waals surface area contributed by atoms with Crippen molar-refractivity contribution in [3.8, 4) is 28.5 Å². The number of halogens is 2. The third kappa shape index (κ3) is 4.78. The fourth-order valence-electron chi connectivity index (χ4n) is 5.71. The van der Waals surface area contributed by atoms with Gasteiger partial charge in [0.15, 0.2) is 11.6 Å². The molecule has 6 heterocycles. The highest BCUT2D eigenvalue weighted by Crippen LogP contribution is 2.40. The summed E-state index contributed by atoms with van der Waals surface area (Å²) in [6, 6.07) is 5.59. The Morgan fingerprint density at radius 1 is 1.15 bits per heavy atom. The van der Waals surface area contributed by atoms with Crippen molar-refractivity contribution in [2.24, 2.45) is 0 Å². The lowest BCUT2D eigenvalue weighted by atomic mass is 9.73. The van der Waals surface area contributed by atoms with E-state index in [2.05, 4.69) is 30.2 Å². The summed E-state index contributed by atoms with van der Waals surface area (Å²) >= 11 is 0. The Kier molecular flexibility index (Phi) is 6.59. The molecule has 3 aromatic heterocycles. The molecule has 4 aliphatic rings. The van der Waals surface area contributed by atoms with Crippen LogP contribution in [-0.4, -0.2) is 74.7 Å². The van der Waals surface area contributed by atoms with Gasteiger partial charge in [-0.3, -0.25) is 9.69 Å². The summed E-state index contributed by atoms with van der Waals surface area (Å²) in [6.07, 6.45) is 6.21. The number of aromatic nitrogens is 4. The van der Waals surface area contributed by atoms with Gasteiger partial charge >= 0.3 is 0 Å². The predicted molar refractivity (Wildman–Crippen MR) is 138 cm³/mol. The van der Waals surface area contributed by atoms with E-state index >= 15 is 4.39 Å². The number of amides is 1. The van der Waals surface area contributed by atoms with Crippen LogP contribution in [0.15, 0.2) is 30.6 Å². The largest absolute Gasteiger partial charge is 0.478 e. The van der Waals surface area contributed by atoms with E-state index in [0.29, 0.717) is 49.9 Å². The Balaban J connectivity index is 1.37. The highest BCUT2D eigenvalue weighted by molar-refractivity contribution is 5.97. The van der Waals surface area contributed by atoms with Gasteiger partial charge < -0.3 is 20.5 Å². The van der Waals surface area contributed by atoms with Crippen LogP contribution in [-0.2, 0) is 4.74 Å². The van der Waals surface area contributed by atoms with Crippen molar-refractivity contribution in [1.29, 1.82) is 0 Å². The molecule has 4 fully saturated rings. The van der Waals surface area contributed by atoms with Gasteiger partial charge in [-0.05, 0) is 44.7 Å². The molecule has 1 aliphatic carbocycles. The van der Waals surface area contributed by atoms with Crippen LogP contribution in [0.1, 0.15) is 43.0 Å². The summed E-state index contributed by atoms with van der Waals surface area (Å²) in [6.45, 7) is 4.38. The number of fused-ring (bicyclic) bond motifs is 3. The first-order chi connectivity index (χ1) is 18.9. The van der Waals surface area contributed by atoms with Crippen molar-refractivity contribution in [1.82, 2.24) is 30.2 Å². The van der Waals surface area contributed by atoms with Gasteiger partial charge in [0, 0.05) is 30.4 Å². The second kappa shape index (κ2) is 10.1. The van der Waals surface area contributed by atoms with Crippen LogP contribution in [0, 0.1) is 11.8 Å². The smallest absolute Gasteiger partial charge is 0.256 e. The van der Waals surface area contributed by atoms with E-state index in [0.717, 1.165) is 31.9 Å². The molecule has 3 saturated heterocycles. The molecule has 12 heteroatoms. The summed E-state index contributed by atoms with van der Waals surface area (Å²) in [5.41, 5.74) is 5.08. The fourth-order valence-corrected chi connectivity index (χ4v) is 5.71. The van der Waals surface area contributed by atoms with Crippen LogP contribution < -0.4 is 15.8 Å². The van der Waals surface area contributed by atoms with Gasteiger partial charge in [0.05, 0.1) is 48.9 Å². The van der Waals surface area contributed by atoms with Crippen LogP contribution in [0.2, 0.25) is 0 Å². The number of pyridine rings is 2. The molecular formula is C27H29F2N7O3. The zero-order valence-corrected chi connectivity index (χ0v) is 21.5. The monoisotopic (exact) mass is 537 g/mol. The summed E-state index contributed by atoms with van der Waals surface area (Å²) < 4.78 is 40.9. The van der Waals surface area contributed by atoms with Crippen molar-refractivity contribution in [3.05, 3.63) is 47.9 Å². The van der Waals surface area contributed by atoms with Gasteiger partial charge in [-0.2, -0.15) is 4.39 Å². The van der Waals surface area contributed by atoms with Crippen LogP contribution in [0.25, 0.3) is 22.6 Å². The number of ether oxygens (including phenoxy) is 2. The number of anilines is 1. The van der Waals surface area contributed by atoms with Crippen LogP contribution >= 0.6 is 0 Å². The lowest BCUT2D eigenvalue weighted by Gasteiger charge is -2.56. The Hall–Kier alpha value is -3.77. The summed E-state index contributed by atoms with van der Waals surface area (Å²) in [4.78, 5) is 32.3. The molecule has 10 nitrogen and oxygen atoms in total. The number of rotatable bonds is 7. The number of hydrogen-bond acceptors (Lipinski definition) is 9. The van der Waals surface area contributed by atoms with E-state index in [4.69, 9.17) is 15.2 Å². The van der Waals surface area contributed by atoms with Gasteiger partial charge in [-0.25, -0.2) is 24.3 Å². The minimum Gasteiger partial charge on any atom is -0.478 e. The van der Waals surface area contributed by atoms with E-state index in [1.54, 1.807) is 12.1 Å². The maximum Gasteiger partial charge on any atom is 0.256 e. The highest BCUT2D eigenvalue weighted by Gasteiger charge is 2.48. The van der Waals surface area contributed by atoms with E-state index < -0.39 is 29.0 Å². The Morgan fingerprint density at radius 2 is 1.95 bits per heavy atom. The zero-order valence-electron chi connectivity index (χ0n) is 21.5. The number of hydrogen-bond donors (Lipinski definition) is 2. The molecule has 2 bridgehead atoms. The number of nitrogens with zero attached hydrogens (tertiary/aromatic N) is 5. The quantitative estimate of drug-likeness (QED) is 0.467. The minimum atomic E-state index is -1.05. The van der Waals surface area contributed by atoms with Gasteiger partial charge in [0.2, 0.25) is 5.88 Å². The maximum atomic E-state index is 16.0. The average Bonchev–Trinajstić information content (AvgIpc) is 2.90. The molecule has 3 aromatic rings. The van der Waals surface area contributed by atoms with Gasteiger partial charge in [-0.1, -0.05) is 0 Å². The number of carbonyl (C=O) groups excluding carboxylic acids is 1. The molecule has 7 rings (SSSR count).